The van der Waals surface area contributed by atoms with Crippen LogP contribution in [0.2, 0.25) is 0 Å². The molecule has 0 saturated heterocycles. The molecular weight excluding hydrogens is 364 g/mol. The summed E-state index contributed by atoms with van der Waals surface area (Å²) in [4.78, 5) is 11.6. The van der Waals surface area contributed by atoms with Crippen LogP contribution in [-0.4, -0.2) is 5.97 Å². The molecule has 0 aromatic heterocycles. The Balaban J connectivity index is 2.37. The summed E-state index contributed by atoms with van der Waals surface area (Å²) in [5.74, 6) is -1.63. The van der Waals surface area contributed by atoms with E-state index in [0.29, 0.717) is 11.1 Å². The first-order valence-electron chi connectivity index (χ1n) is 8.48. The van der Waals surface area contributed by atoms with Crippen LogP contribution in [0.1, 0.15) is 42.5 Å². The third-order valence-corrected chi connectivity index (χ3v) is 4.09. The fourth-order valence-electron chi connectivity index (χ4n) is 2.51. The molecule has 2 aromatic carbocycles. The van der Waals surface area contributed by atoms with Gasteiger partial charge in [0, 0.05) is 18.1 Å². The van der Waals surface area contributed by atoms with E-state index >= 15 is 0 Å². The van der Waals surface area contributed by atoms with Crippen molar-refractivity contribution in [2.75, 3.05) is 0 Å². The lowest BCUT2D eigenvalue weighted by molar-refractivity contribution is -0.139. The van der Waals surface area contributed by atoms with Crippen LogP contribution in [0.4, 0.5) is 17.6 Å². The number of carbonyl (C=O) groups is 1. The minimum absolute atomic E-state index is 0.0388. The summed E-state index contributed by atoms with van der Waals surface area (Å²) in [6, 6.07) is 6.42. The third kappa shape index (κ3) is 4.99. The van der Waals surface area contributed by atoms with E-state index in [1.54, 1.807) is 32.9 Å². The van der Waals surface area contributed by atoms with Gasteiger partial charge in [0.1, 0.15) is 23.9 Å². The summed E-state index contributed by atoms with van der Waals surface area (Å²) >= 11 is 0. The van der Waals surface area contributed by atoms with Gasteiger partial charge >= 0.3 is 12.1 Å². The van der Waals surface area contributed by atoms with Crippen LogP contribution < -0.4 is 9.47 Å². The molecule has 0 atom stereocenters. The molecule has 0 unspecified atom stereocenters. The maximum atomic E-state index is 14.0. The number of hydrogen-bond donors (Lipinski definition) is 0. The topological polar surface area (TPSA) is 35.5 Å². The van der Waals surface area contributed by atoms with E-state index in [9.17, 15) is 22.4 Å². The Morgan fingerprint density at radius 3 is 2.41 bits per heavy atom. The predicted molar refractivity (Wildman–Crippen MR) is 92.2 cm³/mol. The Morgan fingerprint density at radius 2 is 1.81 bits per heavy atom. The van der Waals surface area contributed by atoms with Gasteiger partial charge in [-0.05, 0) is 36.6 Å². The Hall–Kier alpha value is -2.57. The van der Waals surface area contributed by atoms with Crippen molar-refractivity contribution in [3.63, 3.8) is 0 Å². The Labute approximate surface area is 154 Å². The lowest BCUT2D eigenvalue weighted by atomic mass is 10.1. The van der Waals surface area contributed by atoms with Gasteiger partial charge in [-0.2, -0.15) is 13.2 Å². The minimum Gasteiger partial charge on any atom is -0.488 e. The number of aryl methyl sites for hydroxylation is 2. The van der Waals surface area contributed by atoms with E-state index in [0.717, 1.165) is 12.1 Å². The molecule has 0 bridgehead atoms. The van der Waals surface area contributed by atoms with Gasteiger partial charge in [0.2, 0.25) is 0 Å². The number of esters is 1. The van der Waals surface area contributed by atoms with Crippen LogP contribution in [0.25, 0.3) is 0 Å². The fourth-order valence-corrected chi connectivity index (χ4v) is 2.51. The molecule has 0 aliphatic heterocycles. The predicted octanol–water partition coefficient (Wildman–Crippen LogP) is 5.61. The number of hydrogen-bond acceptors (Lipinski definition) is 3. The van der Waals surface area contributed by atoms with Crippen LogP contribution in [0.5, 0.6) is 11.5 Å². The van der Waals surface area contributed by atoms with E-state index in [-0.39, 0.29) is 30.8 Å². The van der Waals surface area contributed by atoms with Gasteiger partial charge in [0.05, 0.1) is 5.56 Å². The third-order valence-electron chi connectivity index (χ3n) is 4.09. The quantitative estimate of drug-likeness (QED) is 0.369. The zero-order valence-electron chi connectivity index (χ0n) is 15.2. The van der Waals surface area contributed by atoms with Gasteiger partial charge in [-0.1, -0.05) is 26.0 Å². The highest BCUT2D eigenvalue weighted by molar-refractivity contribution is 5.72. The summed E-state index contributed by atoms with van der Waals surface area (Å²) in [5, 5.41) is 0. The molecule has 146 valence electrons. The lowest BCUT2D eigenvalue weighted by Gasteiger charge is -2.18. The van der Waals surface area contributed by atoms with Crippen molar-refractivity contribution < 1.29 is 31.8 Å². The van der Waals surface area contributed by atoms with Crippen molar-refractivity contribution in [2.45, 2.75) is 46.4 Å². The van der Waals surface area contributed by atoms with Crippen molar-refractivity contribution >= 4 is 5.97 Å². The molecular formula is C20H20F4O3. The van der Waals surface area contributed by atoms with Crippen LogP contribution in [0, 0.1) is 12.7 Å². The highest BCUT2D eigenvalue weighted by Crippen LogP contribution is 2.38. The van der Waals surface area contributed by atoms with Crippen molar-refractivity contribution in [1.29, 1.82) is 0 Å². The summed E-state index contributed by atoms with van der Waals surface area (Å²) in [5.41, 5.74) is 0.0209. The first kappa shape index (κ1) is 20.7. The molecule has 0 aliphatic rings. The van der Waals surface area contributed by atoms with E-state index < -0.39 is 29.3 Å². The first-order chi connectivity index (χ1) is 12.7. The highest BCUT2D eigenvalue weighted by atomic mass is 19.4. The molecule has 0 saturated carbocycles. The smallest absolute Gasteiger partial charge is 0.419 e. The number of rotatable bonds is 6. The average Bonchev–Trinajstić information content (AvgIpc) is 2.60. The fraction of sp³-hybridized carbons (Fsp3) is 0.350. The highest BCUT2D eigenvalue weighted by Gasteiger charge is 2.35. The number of alkyl halides is 3. The molecule has 3 nitrogen and oxygen atoms in total. The zero-order chi connectivity index (χ0) is 20.2. The Kier molecular flexibility index (Phi) is 6.46. The molecule has 0 aliphatic carbocycles. The van der Waals surface area contributed by atoms with Gasteiger partial charge in [-0.25, -0.2) is 4.39 Å². The van der Waals surface area contributed by atoms with Crippen molar-refractivity contribution in [3.05, 3.63) is 58.4 Å². The summed E-state index contributed by atoms with van der Waals surface area (Å²) in [6.07, 6.45) is -4.41. The average molecular weight is 384 g/mol. The van der Waals surface area contributed by atoms with Gasteiger partial charge < -0.3 is 9.47 Å². The van der Waals surface area contributed by atoms with E-state index in [2.05, 4.69) is 0 Å². The molecule has 27 heavy (non-hydrogen) atoms. The largest absolute Gasteiger partial charge is 0.488 e. The molecule has 0 amide bonds. The number of ether oxygens (including phenoxy) is 2. The summed E-state index contributed by atoms with van der Waals surface area (Å²) in [6.45, 7) is 4.61. The molecule has 0 N–H and O–H groups in total. The molecule has 0 heterocycles. The normalized spacial score (nSPS) is 11.4. The SMILES string of the molecule is CCC(=O)Oc1cccc(C)c1COc1cc(F)c(CC)cc1C(F)(F)F. The molecule has 7 heteroatoms. The second-order valence-electron chi connectivity index (χ2n) is 5.96. The van der Waals surface area contributed by atoms with Gasteiger partial charge in [-0.15, -0.1) is 0 Å². The van der Waals surface area contributed by atoms with E-state index in [1.165, 1.54) is 6.07 Å². The van der Waals surface area contributed by atoms with Gasteiger partial charge in [-0.3, -0.25) is 4.79 Å². The zero-order valence-corrected chi connectivity index (χ0v) is 15.2. The van der Waals surface area contributed by atoms with Crippen molar-refractivity contribution in [2.24, 2.45) is 0 Å². The van der Waals surface area contributed by atoms with Crippen LogP contribution in [-0.2, 0) is 24.0 Å². The van der Waals surface area contributed by atoms with Gasteiger partial charge in [0.15, 0.2) is 0 Å². The second kappa shape index (κ2) is 8.41. The number of benzene rings is 2. The van der Waals surface area contributed by atoms with Crippen LogP contribution >= 0.6 is 0 Å². The summed E-state index contributed by atoms with van der Waals surface area (Å²) in [7, 11) is 0. The molecule has 2 aromatic rings. The maximum Gasteiger partial charge on any atom is 0.419 e. The van der Waals surface area contributed by atoms with E-state index in [1.807, 2.05) is 0 Å². The number of carbonyl (C=O) groups excluding carboxylic acids is 1. The monoisotopic (exact) mass is 384 g/mol. The molecule has 0 spiro atoms. The molecule has 2 rings (SSSR count). The first-order valence-corrected chi connectivity index (χ1v) is 8.48. The van der Waals surface area contributed by atoms with Crippen molar-refractivity contribution in [1.82, 2.24) is 0 Å². The number of halogens is 4. The second-order valence-corrected chi connectivity index (χ2v) is 5.96. The van der Waals surface area contributed by atoms with Crippen molar-refractivity contribution in [3.8, 4) is 11.5 Å². The van der Waals surface area contributed by atoms with E-state index in [4.69, 9.17) is 9.47 Å². The van der Waals surface area contributed by atoms with Gasteiger partial charge in [0.25, 0.3) is 0 Å². The lowest BCUT2D eigenvalue weighted by Crippen LogP contribution is -2.12. The standard InChI is InChI=1S/C20H20F4O3/c1-4-13-9-15(20(22,23)24)18(10-16(13)21)26-11-14-12(3)7-6-8-17(14)27-19(25)5-2/h6-10H,4-5,11H2,1-3H3. The molecule has 0 fully saturated rings. The maximum absolute atomic E-state index is 14.0. The Morgan fingerprint density at radius 1 is 1.11 bits per heavy atom. The van der Waals surface area contributed by atoms with Crippen LogP contribution in [0.15, 0.2) is 30.3 Å². The molecule has 0 radical (unpaired) electrons. The van der Waals surface area contributed by atoms with Crippen LogP contribution in [0.3, 0.4) is 0 Å². The Bertz CT molecular complexity index is 829. The minimum atomic E-state index is -4.68. The summed E-state index contributed by atoms with van der Waals surface area (Å²) < 4.78 is 64.5.